The topological polar surface area (TPSA) is 43.1 Å². The largest absolute Gasteiger partial charge is 0.329 e. The van der Waals surface area contributed by atoms with Crippen molar-refractivity contribution in [1.82, 2.24) is 0 Å². The third kappa shape index (κ3) is 2.70. The molecule has 0 fully saturated rings. The molecule has 1 aromatic rings. The number of rotatable bonds is 3. The Balaban J connectivity index is 2.97. The van der Waals surface area contributed by atoms with E-state index in [1.807, 2.05) is 6.92 Å². The number of nitrogens with two attached hydrogens (primary N) is 1. The van der Waals surface area contributed by atoms with E-state index in [9.17, 15) is 4.21 Å². The summed E-state index contributed by atoms with van der Waals surface area (Å²) in [7, 11) is -1.11. The normalized spacial score (nSPS) is 15.1. The minimum Gasteiger partial charge on any atom is -0.329 e. The van der Waals surface area contributed by atoms with Crippen LogP contribution in [0.5, 0.6) is 0 Å². The van der Waals surface area contributed by atoms with E-state index < -0.39 is 10.8 Å². The lowest BCUT2D eigenvalue weighted by Gasteiger charge is -2.08. The molecule has 5 heteroatoms. The van der Waals surface area contributed by atoms with Gasteiger partial charge in [-0.05, 0) is 25.1 Å². The Bertz CT molecular complexity index is 357. The van der Waals surface area contributed by atoms with Crippen LogP contribution < -0.4 is 5.73 Å². The Hall–Kier alpha value is -0.0900. The van der Waals surface area contributed by atoms with Crippen molar-refractivity contribution in [2.45, 2.75) is 17.1 Å². The van der Waals surface area contributed by atoms with Gasteiger partial charge in [0.15, 0.2) is 0 Å². The molecule has 2 N–H and O–H groups in total. The SMILES string of the molecule is CC(CN)S(=O)c1ccc(Cl)c(Cl)c1. The second-order valence-corrected chi connectivity index (χ2v) is 5.61. The quantitative estimate of drug-likeness (QED) is 0.897. The van der Waals surface area contributed by atoms with Crippen molar-refractivity contribution >= 4 is 34.0 Å². The highest BCUT2D eigenvalue weighted by molar-refractivity contribution is 7.85. The maximum Gasteiger partial charge on any atom is 0.0604 e. The average Bonchev–Trinajstić information content (AvgIpc) is 2.20. The van der Waals surface area contributed by atoms with Gasteiger partial charge in [-0.15, -0.1) is 0 Å². The molecule has 0 saturated carbocycles. The number of hydrogen-bond donors (Lipinski definition) is 1. The molecule has 0 amide bonds. The van der Waals surface area contributed by atoms with E-state index in [4.69, 9.17) is 28.9 Å². The molecule has 14 heavy (non-hydrogen) atoms. The van der Waals surface area contributed by atoms with Crippen LogP contribution in [0.1, 0.15) is 6.92 Å². The van der Waals surface area contributed by atoms with Crippen LogP contribution in [0.15, 0.2) is 23.1 Å². The predicted molar refractivity (Wildman–Crippen MR) is 61.4 cm³/mol. The van der Waals surface area contributed by atoms with Crippen LogP contribution in [0.3, 0.4) is 0 Å². The van der Waals surface area contributed by atoms with Crippen LogP contribution in [0.2, 0.25) is 10.0 Å². The van der Waals surface area contributed by atoms with Crippen LogP contribution in [0, 0.1) is 0 Å². The smallest absolute Gasteiger partial charge is 0.0604 e. The third-order valence-corrected chi connectivity index (χ3v) is 4.20. The second kappa shape index (κ2) is 5.12. The first-order chi connectivity index (χ1) is 6.56. The molecule has 1 aromatic carbocycles. The van der Waals surface area contributed by atoms with E-state index in [1.54, 1.807) is 18.2 Å². The molecular weight excluding hydrogens is 241 g/mol. The average molecular weight is 252 g/mol. The van der Waals surface area contributed by atoms with Crippen molar-refractivity contribution in [2.24, 2.45) is 5.73 Å². The van der Waals surface area contributed by atoms with Gasteiger partial charge >= 0.3 is 0 Å². The summed E-state index contributed by atoms with van der Waals surface area (Å²) >= 11 is 11.6. The van der Waals surface area contributed by atoms with Gasteiger partial charge in [0, 0.05) is 16.7 Å². The fourth-order valence-corrected chi connectivity index (χ4v) is 2.36. The van der Waals surface area contributed by atoms with Crippen molar-refractivity contribution in [2.75, 3.05) is 6.54 Å². The molecule has 2 nitrogen and oxygen atoms in total. The molecule has 0 aromatic heterocycles. The predicted octanol–water partition coefficient (Wildman–Crippen LogP) is 2.45. The summed E-state index contributed by atoms with van der Waals surface area (Å²) < 4.78 is 11.8. The van der Waals surface area contributed by atoms with Gasteiger partial charge in [0.2, 0.25) is 0 Å². The van der Waals surface area contributed by atoms with Crippen molar-refractivity contribution in [1.29, 1.82) is 0 Å². The van der Waals surface area contributed by atoms with Gasteiger partial charge in [0.25, 0.3) is 0 Å². The molecule has 2 unspecified atom stereocenters. The zero-order valence-electron chi connectivity index (χ0n) is 7.67. The zero-order valence-corrected chi connectivity index (χ0v) is 9.99. The van der Waals surface area contributed by atoms with Crippen LogP contribution >= 0.6 is 23.2 Å². The Morgan fingerprint density at radius 2 is 2.07 bits per heavy atom. The Kier molecular flexibility index (Phi) is 4.38. The molecule has 0 heterocycles. The standard InChI is InChI=1S/C9H11Cl2NOS/c1-6(5-12)14(13)7-2-3-8(10)9(11)4-7/h2-4,6H,5,12H2,1H3. The molecule has 0 spiro atoms. The summed E-state index contributed by atoms with van der Waals surface area (Å²) in [5, 5.41) is 0.807. The summed E-state index contributed by atoms with van der Waals surface area (Å²) in [5.74, 6) is 0. The highest BCUT2D eigenvalue weighted by Gasteiger charge is 2.12. The van der Waals surface area contributed by atoms with Crippen LogP contribution in [-0.2, 0) is 10.8 Å². The molecule has 0 aliphatic heterocycles. The number of benzene rings is 1. The molecular formula is C9H11Cl2NOS. The molecule has 0 aliphatic carbocycles. The highest BCUT2D eigenvalue weighted by atomic mass is 35.5. The molecule has 2 atom stereocenters. The van der Waals surface area contributed by atoms with Crippen LogP contribution in [-0.4, -0.2) is 16.0 Å². The maximum atomic E-state index is 11.8. The Morgan fingerprint density at radius 1 is 1.43 bits per heavy atom. The fourth-order valence-electron chi connectivity index (χ4n) is 0.922. The Morgan fingerprint density at radius 3 is 2.57 bits per heavy atom. The summed E-state index contributed by atoms with van der Waals surface area (Å²) in [4.78, 5) is 0.664. The summed E-state index contributed by atoms with van der Waals surface area (Å²) in [6, 6.07) is 4.96. The van der Waals surface area contributed by atoms with Gasteiger partial charge in [-0.25, -0.2) is 0 Å². The van der Waals surface area contributed by atoms with Gasteiger partial charge in [0.1, 0.15) is 0 Å². The van der Waals surface area contributed by atoms with Crippen LogP contribution in [0.4, 0.5) is 0 Å². The first-order valence-electron chi connectivity index (χ1n) is 4.12. The minimum absolute atomic E-state index is 0.0766. The van der Waals surface area contributed by atoms with Crippen molar-refractivity contribution < 1.29 is 4.21 Å². The van der Waals surface area contributed by atoms with E-state index in [-0.39, 0.29) is 5.25 Å². The van der Waals surface area contributed by atoms with E-state index >= 15 is 0 Å². The first-order valence-corrected chi connectivity index (χ1v) is 6.09. The maximum absolute atomic E-state index is 11.8. The lowest BCUT2D eigenvalue weighted by atomic mass is 10.4. The summed E-state index contributed by atoms with van der Waals surface area (Å²) in [5.41, 5.74) is 5.43. The molecule has 78 valence electrons. The third-order valence-electron chi connectivity index (χ3n) is 1.82. The monoisotopic (exact) mass is 251 g/mol. The lowest BCUT2D eigenvalue weighted by Crippen LogP contribution is -2.21. The summed E-state index contributed by atoms with van der Waals surface area (Å²) in [6.45, 7) is 2.21. The number of halogens is 2. The highest BCUT2D eigenvalue weighted by Crippen LogP contribution is 2.24. The molecule has 0 aliphatic rings. The minimum atomic E-state index is -1.11. The zero-order chi connectivity index (χ0) is 10.7. The van der Waals surface area contributed by atoms with Crippen molar-refractivity contribution in [3.05, 3.63) is 28.2 Å². The lowest BCUT2D eigenvalue weighted by molar-refractivity contribution is 0.673. The number of hydrogen-bond acceptors (Lipinski definition) is 2. The van der Waals surface area contributed by atoms with Gasteiger partial charge < -0.3 is 5.73 Å². The van der Waals surface area contributed by atoms with Crippen molar-refractivity contribution in [3.8, 4) is 0 Å². The van der Waals surface area contributed by atoms with Crippen LogP contribution in [0.25, 0.3) is 0 Å². The molecule has 1 rings (SSSR count). The molecule has 0 saturated heterocycles. The second-order valence-electron chi connectivity index (χ2n) is 2.92. The van der Waals surface area contributed by atoms with Gasteiger partial charge in [-0.1, -0.05) is 23.2 Å². The van der Waals surface area contributed by atoms with E-state index in [2.05, 4.69) is 0 Å². The van der Waals surface area contributed by atoms with E-state index in [0.717, 1.165) is 0 Å². The van der Waals surface area contributed by atoms with Crippen molar-refractivity contribution in [3.63, 3.8) is 0 Å². The summed E-state index contributed by atoms with van der Waals surface area (Å²) in [6.07, 6.45) is 0. The first kappa shape index (κ1) is 12.0. The fraction of sp³-hybridized carbons (Fsp3) is 0.333. The Labute approximate surface area is 95.8 Å². The van der Waals surface area contributed by atoms with Gasteiger partial charge in [0.05, 0.1) is 20.8 Å². The van der Waals surface area contributed by atoms with E-state index in [0.29, 0.717) is 21.5 Å². The van der Waals surface area contributed by atoms with Gasteiger partial charge in [-0.2, -0.15) is 0 Å². The van der Waals surface area contributed by atoms with E-state index in [1.165, 1.54) is 0 Å². The van der Waals surface area contributed by atoms with Gasteiger partial charge in [-0.3, -0.25) is 4.21 Å². The molecule has 0 bridgehead atoms. The molecule has 0 radical (unpaired) electrons.